The first-order valence-corrected chi connectivity index (χ1v) is 6.04. The Hall–Kier alpha value is -1.94. The van der Waals surface area contributed by atoms with Gasteiger partial charge in [-0.1, -0.05) is 6.07 Å². The van der Waals surface area contributed by atoms with Crippen LogP contribution in [0.1, 0.15) is 6.42 Å². The average molecular weight is 341 g/mol. The van der Waals surface area contributed by atoms with Crippen molar-refractivity contribution < 1.29 is 23.0 Å². The van der Waals surface area contributed by atoms with E-state index in [0.717, 1.165) is 0 Å². The Labute approximate surface area is 130 Å². The van der Waals surface area contributed by atoms with Gasteiger partial charge in [-0.05, 0) is 36.6 Å². The minimum absolute atomic E-state index is 0.265. The molecule has 21 heavy (non-hydrogen) atoms. The highest BCUT2D eigenvalue weighted by molar-refractivity contribution is 7.80. The lowest BCUT2D eigenvalue weighted by molar-refractivity contribution is 0.287. The number of rotatable bonds is 3. The van der Waals surface area contributed by atoms with E-state index in [1.165, 1.54) is 0 Å². The third kappa shape index (κ3) is 23.6. The quantitative estimate of drug-likeness (QED) is 0.727. The number of hydrogen-bond donors (Lipinski definition) is 3. The first kappa shape index (κ1) is 21.4. The number of aliphatic hydroxyl groups excluding tert-OH is 1. The van der Waals surface area contributed by atoms with Crippen LogP contribution in [0.15, 0.2) is 42.5 Å². The van der Waals surface area contributed by atoms with Gasteiger partial charge in [0.25, 0.3) is 10.3 Å². The van der Waals surface area contributed by atoms with Crippen LogP contribution in [0.3, 0.4) is 0 Å². The van der Waals surface area contributed by atoms with Gasteiger partial charge in [0, 0.05) is 18.8 Å². The molecule has 5 nitrogen and oxygen atoms in total. The van der Waals surface area contributed by atoms with Gasteiger partial charge in [0.2, 0.25) is 0 Å². The van der Waals surface area contributed by atoms with Gasteiger partial charge in [-0.3, -0.25) is 4.98 Å². The summed E-state index contributed by atoms with van der Waals surface area (Å²) in [4.78, 5) is 3.78. The van der Waals surface area contributed by atoms with Crippen LogP contribution in [-0.4, -0.2) is 27.0 Å². The van der Waals surface area contributed by atoms with Gasteiger partial charge in [-0.2, -0.15) is 8.78 Å². The molecule has 1 aromatic heterocycles. The van der Waals surface area contributed by atoms with Crippen LogP contribution in [0, 0.1) is 0 Å². The molecule has 0 radical (unpaired) electrons. The molecule has 0 fully saturated rings. The molecule has 0 saturated carbocycles. The summed E-state index contributed by atoms with van der Waals surface area (Å²) < 4.78 is 39.0. The standard InChI is InChI=1S/C5H6F3NOS.C5H5N.CH3NOS/c6-3(4(7)8)1-2-10-5(9)11;1-2-4-6-5-3-1;2-1(3)4/h1-2H2,(H2,9,11);1-5H;(H3,2,3,4). The number of aliphatic hydroxyl groups is 1. The molecular formula is C11H14F3N3O2S2. The van der Waals surface area contributed by atoms with Gasteiger partial charge >= 0.3 is 6.08 Å². The predicted octanol–water partition coefficient (Wildman–Crippen LogP) is 2.58. The van der Waals surface area contributed by atoms with Gasteiger partial charge in [0.1, 0.15) is 0 Å². The van der Waals surface area contributed by atoms with E-state index in [1.54, 1.807) is 12.4 Å². The predicted molar refractivity (Wildman–Crippen MR) is 81.4 cm³/mol. The molecule has 0 aliphatic carbocycles. The average Bonchev–Trinajstić information content (AvgIpc) is 2.40. The summed E-state index contributed by atoms with van der Waals surface area (Å²) >= 11 is 8.11. The zero-order chi connectivity index (χ0) is 16.7. The number of halogens is 3. The second-order valence-electron chi connectivity index (χ2n) is 2.95. The monoisotopic (exact) mass is 341 g/mol. The summed E-state index contributed by atoms with van der Waals surface area (Å²) in [6.07, 6.45) is 0.649. The first-order valence-electron chi connectivity index (χ1n) is 5.22. The molecule has 0 atom stereocenters. The molecule has 0 amide bonds. The fraction of sp³-hybridized carbons (Fsp3) is 0.182. The number of nitrogens with zero attached hydrogens (tertiary/aromatic N) is 1. The Morgan fingerprint density at radius 1 is 1.10 bits per heavy atom. The summed E-state index contributed by atoms with van der Waals surface area (Å²) in [7, 11) is 0. The molecule has 0 unspecified atom stereocenters. The third-order valence-electron chi connectivity index (χ3n) is 1.34. The lowest BCUT2D eigenvalue weighted by atomic mass is 10.4. The summed E-state index contributed by atoms with van der Waals surface area (Å²) in [5.74, 6) is -1.50. The lowest BCUT2D eigenvalue weighted by Crippen LogP contribution is -2.13. The first-order chi connectivity index (χ1) is 9.77. The van der Waals surface area contributed by atoms with Crippen molar-refractivity contribution in [1.29, 1.82) is 0 Å². The molecule has 1 aromatic rings. The van der Waals surface area contributed by atoms with E-state index >= 15 is 0 Å². The van der Waals surface area contributed by atoms with Crippen molar-refractivity contribution in [2.24, 2.45) is 11.5 Å². The van der Waals surface area contributed by atoms with Crippen molar-refractivity contribution in [3.63, 3.8) is 0 Å². The molecule has 0 aromatic carbocycles. The number of pyridine rings is 1. The maximum atomic E-state index is 11.9. The van der Waals surface area contributed by atoms with Gasteiger partial charge < -0.3 is 21.3 Å². The maximum Gasteiger partial charge on any atom is 0.301 e. The Bertz CT molecular complexity index is 413. The molecule has 0 bridgehead atoms. The Kier molecular flexibility index (Phi) is 14.7. The second kappa shape index (κ2) is 14.5. The second-order valence-corrected chi connectivity index (χ2v) is 3.77. The maximum absolute atomic E-state index is 11.9. The van der Waals surface area contributed by atoms with Crippen molar-refractivity contribution in [3.8, 4) is 0 Å². The molecule has 118 valence electrons. The van der Waals surface area contributed by atoms with Crippen molar-refractivity contribution >= 4 is 34.8 Å². The van der Waals surface area contributed by atoms with Crippen LogP contribution < -0.4 is 11.5 Å². The number of thiocarbonyl (C=S) groups is 2. The van der Waals surface area contributed by atoms with Crippen LogP contribution in [0.5, 0.6) is 0 Å². The normalized spacial score (nSPS) is 8.14. The minimum Gasteiger partial charge on any atom is -0.487 e. The summed E-state index contributed by atoms with van der Waals surface area (Å²) in [5, 5.41) is 6.78. The van der Waals surface area contributed by atoms with E-state index in [1.807, 2.05) is 18.2 Å². The van der Waals surface area contributed by atoms with Crippen molar-refractivity contribution in [2.45, 2.75) is 6.42 Å². The highest BCUT2D eigenvalue weighted by Gasteiger charge is 2.04. The SMILES string of the molecule is NC(=S)OCCC(F)=C(F)F.NC(O)=S.c1ccncc1. The zero-order valence-electron chi connectivity index (χ0n) is 10.7. The molecule has 0 saturated heterocycles. The molecule has 0 aliphatic rings. The van der Waals surface area contributed by atoms with E-state index in [-0.39, 0.29) is 11.8 Å². The molecule has 0 aliphatic heterocycles. The minimum atomic E-state index is -2.34. The van der Waals surface area contributed by atoms with Crippen molar-refractivity contribution in [2.75, 3.05) is 6.61 Å². The van der Waals surface area contributed by atoms with E-state index in [2.05, 4.69) is 39.9 Å². The highest BCUT2D eigenvalue weighted by atomic mass is 32.1. The third-order valence-corrected chi connectivity index (χ3v) is 1.46. The Morgan fingerprint density at radius 3 is 1.81 bits per heavy atom. The fourth-order valence-electron chi connectivity index (χ4n) is 0.648. The Morgan fingerprint density at radius 2 is 1.57 bits per heavy atom. The van der Waals surface area contributed by atoms with Crippen LogP contribution >= 0.6 is 24.4 Å². The smallest absolute Gasteiger partial charge is 0.301 e. The van der Waals surface area contributed by atoms with E-state index < -0.39 is 23.5 Å². The molecule has 1 heterocycles. The van der Waals surface area contributed by atoms with E-state index in [9.17, 15) is 13.2 Å². The van der Waals surface area contributed by atoms with Crippen molar-refractivity contribution in [1.82, 2.24) is 4.98 Å². The van der Waals surface area contributed by atoms with Crippen molar-refractivity contribution in [3.05, 3.63) is 42.5 Å². The molecule has 1 rings (SSSR count). The summed E-state index contributed by atoms with van der Waals surface area (Å²) in [5.41, 5.74) is 9.24. The molecule has 10 heteroatoms. The summed E-state index contributed by atoms with van der Waals surface area (Å²) in [6, 6.07) is 5.72. The number of hydrogen-bond acceptors (Lipinski definition) is 4. The van der Waals surface area contributed by atoms with Crippen LogP contribution in [0.25, 0.3) is 0 Å². The Balaban J connectivity index is 0. The van der Waals surface area contributed by atoms with E-state index in [4.69, 9.17) is 10.8 Å². The molecular weight excluding hydrogens is 327 g/mol. The van der Waals surface area contributed by atoms with Crippen LogP contribution in [0.4, 0.5) is 13.2 Å². The van der Waals surface area contributed by atoms with Gasteiger partial charge in [-0.25, -0.2) is 4.39 Å². The fourth-order valence-corrected chi connectivity index (χ4v) is 0.732. The number of ether oxygens (including phenoxy) is 1. The number of nitrogens with two attached hydrogens (primary N) is 2. The molecule has 5 N–H and O–H groups in total. The van der Waals surface area contributed by atoms with Crippen LogP contribution in [-0.2, 0) is 4.74 Å². The van der Waals surface area contributed by atoms with Crippen LogP contribution in [0.2, 0.25) is 0 Å². The molecule has 0 spiro atoms. The highest BCUT2D eigenvalue weighted by Crippen LogP contribution is 2.12. The zero-order valence-corrected chi connectivity index (χ0v) is 12.3. The van der Waals surface area contributed by atoms with Gasteiger partial charge in [-0.15, -0.1) is 0 Å². The van der Waals surface area contributed by atoms with E-state index in [0.29, 0.717) is 0 Å². The van der Waals surface area contributed by atoms with Gasteiger partial charge in [0.15, 0.2) is 5.83 Å². The summed E-state index contributed by atoms with van der Waals surface area (Å²) in [6.45, 7) is -0.265. The topological polar surface area (TPSA) is 94.4 Å². The lowest BCUT2D eigenvalue weighted by Gasteiger charge is -1.99. The van der Waals surface area contributed by atoms with Gasteiger partial charge in [0.05, 0.1) is 6.61 Å². The largest absolute Gasteiger partial charge is 0.487 e. The number of aromatic nitrogens is 1.